The monoisotopic (exact) mass is 371 g/mol. The zero-order chi connectivity index (χ0) is 19.7. The molecule has 1 aromatic heterocycles. The maximum Gasteiger partial charge on any atom is 0.253 e. The number of nitrogens with zero attached hydrogens (tertiary/aromatic N) is 1. The molecule has 0 saturated heterocycles. The second-order valence-electron chi connectivity index (χ2n) is 7.58. The highest BCUT2D eigenvalue weighted by molar-refractivity contribution is 5.99. The van der Waals surface area contributed by atoms with E-state index in [0.717, 1.165) is 18.4 Å². The zero-order valence-electron chi connectivity index (χ0n) is 16.4. The highest BCUT2D eigenvalue weighted by atomic mass is 19.1. The Morgan fingerprint density at radius 1 is 1.26 bits per heavy atom. The molecule has 0 radical (unpaired) electrons. The van der Waals surface area contributed by atoms with Crippen molar-refractivity contribution in [1.82, 2.24) is 4.57 Å². The van der Waals surface area contributed by atoms with Crippen molar-refractivity contribution in [2.75, 3.05) is 13.2 Å². The lowest BCUT2D eigenvalue weighted by atomic mass is 9.92. The topological polar surface area (TPSA) is 48.3 Å². The van der Waals surface area contributed by atoms with Gasteiger partial charge in [-0.25, -0.2) is 4.39 Å². The number of ketones is 1. The molecule has 2 aromatic rings. The van der Waals surface area contributed by atoms with E-state index < -0.39 is 0 Å². The molecule has 0 N–H and O–H groups in total. The summed E-state index contributed by atoms with van der Waals surface area (Å²) in [7, 11) is 1.66. The number of aryl methyl sites for hydroxylation is 1. The molecular weight excluding hydrogens is 345 g/mol. The summed E-state index contributed by atoms with van der Waals surface area (Å²) in [6.07, 6.45) is 2.52. The standard InChI is InChI=1S/C22H26FNO3/c1-13-5-8-17(19(23)9-13)10-18-14(2)22(26)24(4)15(3)21(18)20(25)12-27-11-16-6-7-16/h5,8-9,16H,6-7,10-12H2,1-4H3. The minimum atomic E-state index is -0.323. The van der Waals surface area contributed by atoms with Gasteiger partial charge in [-0.1, -0.05) is 12.1 Å². The third-order valence-electron chi connectivity index (χ3n) is 5.38. The molecule has 144 valence electrons. The van der Waals surface area contributed by atoms with Crippen molar-refractivity contribution in [1.29, 1.82) is 0 Å². The molecule has 1 saturated carbocycles. The number of rotatable bonds is 7. The molecule has 4 nitrogen and oxygen atoms in total. The summed E-state index contributed by atoms with van der Waals surface area (Å²) in [4.78, 5) is 25.5. The van der Waals surface area contributed by atoms with Gasteiger partial charge < -0.3 is 9.30 Å². The molecule has 0 bridgehead atoms. The van der Waals surface area contributed by atoms with Crippen LogP contribution in [-0.4, -0.2) is 23.6 Å². The first-order chi connectivity index (χ1) is 12.8. The van der Waals surface area contributed by atoms with Crippen LogP contribution in [0, 0.1) is 32.5 Å². The van der Waals surface area contributed by atoms with Crippen LogP contribution in [0.15, 0.2) is 23.0 Å². The van der Waals surface area contributed by atoms with Crippen LogP contribution in [0.5, 0.6) is 0 Å². The number of hydrogen-bond donors (Lipinski definition) is 0. The maximum absolute atomic E-state index is 14.4. The van der Waals surface area contributed by atoms with Crippen LogP contribution in [0.2, 0.25) is 0 Å². The molecule has 0 aliphatic heterocycles. The van der Waals surface area contributed by atoms with E-state index in [1.807, 2.05) is 13.0 Å². The third-order valence-corrected chi connectivity index (χ3v) is 5.38. The fourth-order valence-electron chi connectivity index (χ4n) is 3.36. The fraction of sp³-hybridized carbons (Fsp3) is 0.455. The van der Waals surface area contributed by atoms with Crippen LogP contribution < -0.4 is 5.56 Å². The van der Waals surface area contributed by atoms with E-state index in [-0.39, 0.29) is 30.2 Å². The van der Waals surface area contributed by atoms with Gasteiger partial charge in [0, 0.05) is 30.3 Å². The third kappa shape index (κ3) is 4.19. The summed E-state index contributed by atoms with van der Waals surface area (Å²) < 4.78 is 21.4. The highest BCUT2D eigenvalue weighted by Gasteiger charge is 2.24. The molecule has 5 heteroatoms. The number of Topliss-reactive ketones (excluding diaryl/α,β-unsaturated/α-hetero) is 1. The SMILES string of the molecule is Cc1ccc(Cc2c(C(=O)COCC3CC3)c(C)n(C)c(=O)c2C)c(F)c1. The van der Waals surface area contributed by atoms with Gasteiger partial charge >= 0.3 is 0 Å². The number of hydrogen-bond acceptors (Lipinski definition) is 3. The summed E-state index contributed by atoms with van der Waals surface area (Å²) in [6, 6.07) is 5.02. The Bertz CT molecular complexity index is 942. The first-order valence-corrected chi connectivity index (χ1v) is 9.34. The smallest absolute Gasteiger partial charge is 0.253 e. The van der Waals surface area contributed by atoms with Crippen LogP contribution in [-0.2, 0) is 18.2 Å². The van der Waals surface area contributed by atoms with Crippen LogP contribution in [0.1, 0.15) is 51.1 Å². The Morgan fingerprint density at radius 2 is 1.96 bits per heavy atom. The normalized spacial score (nSPS) is 13.8. The van der Waals surface area contributed by atoms with Gasteiger partial charge in [-0.3, -0.25) is 9.59 Å². The van der Waals surface area contributed by atoms with E-state index >= 15 is 0 Å². The molecular formula is C22H26FNO3. The molecule has 0 unspecified atom stereocenters. The van der Waals surface area contributed by atoms with Gasteiger partial charge in [-0.2, -0.15) is 0 Å². The minimum Gasteiger partial charge on any atom is -0.373 e. The van der Waals surface area contributed by atoms with Crippen molar-refractivity contribution in [3.63, 3.8) is 0 Å². The van der Waals surface area contributed by atoms with E-state index in [1.165, 1.54) is 10.6 Å². The van der Waals surface area contributed by atoms with Crippen LogP contribution in [0.3, 0.4) is 0 Å². The van der Waals surface area contributed by atoms with Gasteiger partial charge in [0.15, 0.2) is 5.78 Å². The van der Waals surface area contributed by atoms with Gasteiger partial charge in [0.2, 0.25) is 0 Å². The predicted molar refractivity (Wildman–Crippen MR) is 103 cm³/mol. The maximum atomic E-state index is 14.4. The lowest BCUT2D eigenvalue weighted by Gasteiger charge is -2.18. The Hall–Kier alpha value is -2.27. The second kappa shape index (κ2) is 7.77. The Balaban J connectivity index is 1.99. The molecule has 27 heavy (non-hydrogen) atoms. The van der Waals surface area contributed by atoms with Gasteiger partial charge in [-0.05, 0) is 62.3 Å². The van der Waals surface area contributed by atoms with E-state index in [2.05, 4.69) is 0 Å². The second-order valence-corrected chi connectivity index (χ2v) is 7.58. The molecule has 1 fully saturated rings. The van der Waals surface area contributed by atoms with Crippen molar-refractivity contribution in [2.24, 2.45) is 13.0 Å². The number of aromatic nitrogens is 1. The summed E-state index contributed by atoms with van der Waals surface area (Å²) >= 11 is 0. The number of ether oxygens (including phenoxy) is 1. The number of carbonyl (C=O) groups excluding carboxylic acids is 1. The van der Waals surface area contributed by atoms with E-state index in [4.69, 9.17) is 4.74 Å². The molecule has 1 heterocycles. The lowest BCUT2D eigenvalue weighted by Crippen LogP contribution is -2.28. The first kappa shape index (κ1) is 19.5. The average Bonchev–Trinajstić information content (AvgIpc) is 3.44. The average molecular weight is 371 g/mol. The van der Waals surface area contributed by atoms with Crippen molar-refractivity contribution in [2.45, 2.75) is 40.0 Å². The van der Waals surface area contributed by atoms with Crippen molar-refractivity contribution in [3.05, 3.63) is 67.9 Å². The number of benzene rings is 1. The van der Waals surface area contributed by atoms with Gasteiger partial charge in [0.1, 0.15) is 12.4 Å². The summed E-state index contributed by atoms with van der Waals surface area (Å²) in [5, 5.41) is 0. The zero-order valence-corrected chi connectivity index (χ0v) is 16.4. The quantitative estimate of drug-likeness (QED) is 0.698. The molecule has 1 aromatic carbocycles. The van der Waals surface area contributed by atoms with Gasteiger partial charge in [0.25, 0.3) is 5.56 Å². The molecule has 0 spiro atoms. The Morgan fingerprint density at radius 3 is 2.59 bits per heavy atom. The summed E-state index contributed by atoms with van der Waals surface area (Å²) in [6.45, 7) is 5.86. The molecule has 0 atom stereocenters. The number of carbonyl (C=O) groups is 1. The highest BCUT2D eigenvalue weighted by Crippen LogP contribution is 2.29. The first-order valence-electron chi connectivity index (χ1n) is 9.34. The van der Waals surface area contributed by atoms with Crippen molar-refractivity contribution in [3.8, 4) is 0 Å². The molecule has 3 rings (SSSR count). The summed E-state index contributed by atoms with van der Waals surface area (Å²) in [5.74, 6) is 0.0902. The largest absolute Gasteiger partial charge is 0.373 e. The van der Waals surface area contributed by atoms with Gasteiger partial charge in [-0.15, -0.1) is 0 Å². The molecule has 1 aliphatic rings. The van der Waals surface area contributed by atoms with Crippen LogP contribution >= 0.6 is 0 Å². The van der Waals surface area contributed by atoms with Crippen molar-refractivity contribution < 1.29 is 13.9 Å². The molecule has 1 aliphatic carbocycles. The number of halogens is 1. The van der Waals surface area contributed by atoms with E-state index in [9.17, 15) is 14.0 Å². The fourth-order valence-corrected chi connectivity index (χ4v) is 3.36. The number of pyridine rings is 1. The predicted octanol–water partition coefficient (Wildman–Crippen LogP) is 3.65. The van der Waals surface area contributed by atoms with Crippen LogP contribution in [0.25, 0.3) is 0 Å². The minimum absolute atomic E-state index is 0.0155. The van der Waals surface area contributed by atoms with E-state index in [1.54, 1.807) is 27.0 Å². The Labute approximate surface area is 159 Å². The van der Waals surface area contributed by atoms with Gasteiger partial charge in [0.05, 0.1) is 6.61 Å². The molecule has 0 amide bonds. The van der Waals surface area contributed by atoms with Crippen LogP contribution in [0.4, 0.5) is 4.39 Å². The lowest BCUT2D eigenvalue weighted by molar-refractivity contribution is 0.0737. The van der Waals surface area contributed by atoms with Crippen molar-refractivity contribution >= 4 is 5.78 Å². The Kier molecular flexibility index (Phi) is 5.61. The van der Waals surface area contributed by atoms with E-state index in [0.29, 0.717) is 40.5 Å². The summed E-state index contributed by atoms with van der Waals surface area (Å²) in [5.41, 5.74) is 3.29.